The molecule has 3 rings (SSSR count). The van der Waals surface area contributed by atoms with Crippen LogP contribution in [0, 0.1) is 5.82 Å². The molecule has 0 amide bonds. The SMILES string of the molecule is CS(=O)(=O)O[C@@H](C1CCCN1)[C@@H](c1ccc(F)cc1)c1cccc(C(F)(F)F)c1. The van der Waals surface area contributed by atoms with Crippen molar-refractivity contribution in [2.45, 2.75) is 37.1 Å². The number of nitrogens with one attached hydrogen (secondary N) is 1. The minimum atomic E-state index is -4.55. The largest absolute Gasteiger partial charge is 0.416 e. The van der Waals surface area contributed by atoms with Crippen LogP contribution in [0.2, 0.25) is 0 Å². The molecule has 2 aromatic carbocycles. The molecule has 1 unspecified atom stereocenters. The minimum Gasteiger partial charge on any atom is -0.311 e. The van der Waals surface area contributed by atoms with Crippen LogP contribution < -0.4 is 5.32 Å². The number of rotatable bonds is 6. The van der Waals surface area contributed by atoms with E-state index < -0.39 is 39.7 Å². The third-order valence-electron chi connectivity index (χ3n) is 4.91. The molecule has 3 atom stereocenters. The lowest BCUT2D eigenvalue weighted by Gasteiger charge is -2.32. The Labute approximate surface area is 167 Å². The van der Waals surface area contributed by atoms with Crippen LogP contribution in [0.4, 0.5) is 17.6 Å². The molecule has 1 saturated heterocycles. The van der Waals surface area contributed by atoms with Gasteiger partial charge < -0.3 is 5.32 Å². The summed E-state index contributed by atoms with van der Waals surface area (Å²) in [5.74, 6) is -1.35. The number of hydrogen-bond acceptors (Lipinski definition) is 4. The molecular weight excluding hydrogens is 410 g/mol. The van der Waals surface area contributed by atoms with Gasteiger partial charge in [-0.25, -0.2) is 4.39 Å². The molecule has 2 aromatic rings. The van der Waals surface area contributed by atoms with Gasteiger partial charge in [0.25, 0.3) is 10.1 Å². The van der Waals surface area contributed by atoms with Crippen LogP contribution in [0.15, 0.2) is 48.5 Å². The number of halogens is 4. The summed E-state index contributed by atoms with van der Waals surface area (Å²) in [5, 5.41) is 3.17. The lowest BCUT2D eigenvalue weighted by Crippen LogP contribution is -2.42. The van der Waals surface area contributed by atoms with Gasteiger partial charge in [0.1, 0.15) is 11.9 Å². The molecule has 1 aliphatic heterocycles. The predicted molar refractivity (Wildman–Crippen MR) is 100 cm³/mol. The van der Waals surface area contributed by atoms with Gasteiger partial charge in [-0.1, -0.05) is 30.3 Å². The van der Waals surface area contributed by atoms with E-state index in [0.29, 0.717) is 18.5 Å². The molecule has 4 nitrogen and oxygen atoms in total. The second kappa shape index (κ2) is 8.41. The Morgan fingerprint density at radius 3 is 2.34 bits per heavy atom. The van der Waals surface area contributed by atoms with Crippen LogP contribution in [0.25, 0.3) is 0 Å². The normalized spacial score (nSPS) is 19.8. The van der Waals surface area contributed by atoms with Gasteiger partial charge in [-0.3, -0.25) is 4.18 Å². The zero-order chi connectivity index (χ0) is 21.2. The molecular formula is C20H21F4NO3S. The van der Waals surface area contributed by atoms with Crippen LogP contribution in [0.1, 0.15) is 35.4 Å². The van der Waals surface area contributed by atoms with Gasteiger partial charge in [0.05, 0.1) is 11.8 Å². The quantitative estimate of drug-likeness (QED) is 0.553. The molecule has 0 radical (unpaired) electrons. The van der Waals surface area contributed by atoms with Gasteiger partial charge >= 0.3 is 6.18 Å². The van der Waals surface area contributed by atoms with Crippen molar-refractivity contribution in [1.82, 2.24) is 5.32 Å². The van der Waals surface area contributed by atoms with Gasteiger partial charge in [-0.2, -0.15) is 21.6 Å². The summed E-state index contributed by atoms with van der Waals surface area (Å²) in [7, 11) is -3.90. The smallest absolute Gasteiger partial charge is 0.311 e. The van der Waals surface area contributed by atoms with Crippen molar-refractivity contribution < 1.29 is 30.2 Å². The molecule has 0 aliphatic carbocycles. The van der Waals surface area contributed by atoms with E-state index in [1.54, 1.807) is 0 Å². The van der Waals surface area contributed by atoms with Crippen LogP contribution in [-0.2, 0) is 20.5 Å². The number of alkyl halides is 3. The van der Waals surface area contributed by atoms with Gasteiger partial charge in [-0.15, -0.1) is 0 Å². The van der Waals surface area contributed by atoms with Crippen LogP contribution in [0.3, 0.4) is 0 Å². The lowest BCUT2D eigenvalue weighted by atomic mass is 9.82. The monoisotopic (exact) mass is 431 g/mol. The Kier molecular flexibility index (Phi) is 6.30. The van der Waals surface area contributed by atoms with Crippen molar-refractivity contribution >= 4 is 10.1 Å². The minimum absolute atomic E-state index is 0.244. The van der Waals surface area contributed by atoms with E-state index in [2.05, 4.69) is 5.32 Å². The first-order chi connectivity index (χ1) is 13.5. The topological polar surface area (TPSA) is 55.4 Å². The lowest BCUT2D eigenvalue weighted by molar-refractivity contribution is -0.137. The van der Waals surface area contributed by atoms with E-state index in [-0.39, 0.29) is 11.6 Å². The second-order valence-corrected chi connectivity index (χ2v) is 8.72. The van der Waals surface area contributed by atoms with Gasteiger partial charge in [0.2, 0.25) is 0 Å². The number of benzene rings is 2. The Hall–Kier alpha value is -1.97. The van der Waals surface area contributed by atoms with Gasteiger partial charge in [0.15, 0.2) is 0 Å². The highest BCUT2D eigenvalue weighted by Crippen LogP contribution is 2.37. The maximum atomic E-state index is 13.5. The van der Waals surface area contributed by atoms with Crippen LogP contribution >= 0.6 is 0 Å². The maximum Gasteiger partial charge on any atom is 0.416 e. The summed E-state index contributed by atoms with van der Waals surface area (Å²) in [6.07, 6.45) is -3.24. The zero-order valence-corrected chi connectivity index (χ0v) is 16.4. The Morgan fingerprint density at radius 2 is 1.79 bits per heavy atom. The molecule has 0 bridgehead atoms. The third-order valence-corrected chi connectivity index (χ3v) is 5.48. The Morgan fingerprint density at radius 1 is 1.10 bits per heavy atom. The summed E-state index contributed by atoms with van der Waals surface area (Å²) in [6, 6.07) is 9.58. The molecule has 0 saturated carbocycles. The highest BCUT2D eigenvalue weighted by Gasteiger charge is 2.38. The van der Waals surface area contributed by atoms with Gasteiger partial charge in [-0.05, 0) is 48.7 Å². The van der Waals surface area contributed by atoms with E-state index in [1.165, 1.54) is 36.4 Å². The first-order valence-corrected chi connectivity index (χ1v) is 10.9. The summed E-state index contributed by atoms with van der Waals surface area (Å²) in [5.41, 5.74) is -0.138. The molecule has 158 valence electrons. The summed E-state index contributed by atoms with van der Waals surface area (Å²) < 4.78 is 82.6. The van der Waals surface area contributed by atoms with E-state index in [1.807, 2.05) is 0 Å². The van der Waals surface area contributed by atoms with Crippen molar-refractivity contribution in [3.05, 3.63) is 71.0 Å². The highest BCUT2D eigenvalue weighted by molar-refractivity contribution is 7.86. The highest BCUT2D eigenvalue weighted by atomic mass is 32.2. The molecule has 1 fully saturated rings. The molecule has 9 heteroatoms. The molecule has 1 aliphatic rings. The number of hydrogen-bond donors (Lipinski definition) is 1. The molecule has 1 N–H and O–H groups in total. The molecule has 1 heterocycles. The van der Waals surface area contributed by atoms with E-state index in [9.17, 15) is 26.0 Å². The second-order valence-electron chi connectivity index (χ2n) is 7.12. The molecule has 0 spiro atoms. The molecule has 29 heavy (non-hydrogen) atoms. The van der Waals surface area contributed by atoms with Crippen LogP contribution in [0.5, 0.6) is 0 Å². The van der Waals surface area contributed by atoms with Crippen molar-refractivity contribution in [3.63, 3.8) is 0 Å². The average Bonchev–Trinajstić information content (AvgIpc) is 3.16. The fourth-order valence-electron chi connectivity index (χ4n) is 3.70. The summed E-state index contributed by atoms with van der Waals surface area (Å²) >= 11 is 0. The fourth-order valence-corrected chi connectivity index (χ4v) is 4.35. The standard InChI is InChI=1S/C20H21F4NO3S/c1-29(26,27)28-19(17-6-3-11-25-17)18(13-7-9-16(21)10-8-13)14-4-2-5-15(12-14)20(22,23)24/h2,4-5,7-10,12,17-19,25H,3,6,11H2,1H3/t17?,18-,19-/m0/s1. The van der Waals surface area contributed by atoms with Crippen molar-refractivity contribution in [2.24, 2.45) is 0 Å². The van der Waals surface area contributed by atoms with E-state index in [4.69, 9.17) is 4.18 Å². The first kappa shape index (κ1) is 21.7. The first-order valence-electron chi connectivity index (χ1n) is 9.09. The van der Waals surface area contributed by atoms with Crippen molar-refractivity contribution in [3.8, 4) is 0 Å². The zero-order valence-electron chi connectivity index (χ0n) is 15.6. The fraction of sp³-hybridized carbons (Fsp3) is 0.400. The van der Waals surface area contributed by atoms with E-state index in [0.717, 1.165) is 24.8 Å². The predicted octanol–water partition coefficient (Wildman–Crippen LogP) is 4.07. The van der Waals surface area contributed by atoms with Crippen LogP contribution in [-0.4, -0.2) is 33.4 Å². The van der Waals surface area contributed by atoms with E-state index >= 15 is 0 Å². The van der Waals surface area contributed by atoms with Gasteiger partial charge in [0, 0.05) is 12.0 Å². The average molecular weight is 431 g/mol. The van der Waals surface area contributed by atoms with Crippen molar-refractivity contribution in [2.75, 3.05) is 12.8 Å². The maximum absolute atomic E-state index is 13.5. The molecule has 0 aromatic heterocycles. The Bertz CT molecular complexity index is 939. The van der Waals surface area contributed by atoms with Crippen molar-refractivity contribution in [1.29, 1.82) is 0 Å². The third kappa shape index (κ3) is 5.55. The Balaban J connectivity index is 2.14. The summed E-state index contributed by atoms with van der Waals surface area (Å²) in [4.78, 5) is 0. The summed E-state index contributed by atoms with van der Waals surface area (Å²) in [6.45, 7) is 0.646.